The highest BCUT2D eigenvalue weighted by molar-refractivity contribution is 5.77. The van der Waals surface area contributed by atoms with Crippen LogP contribution in [0.15, 0.2) is 85.1 Å². The lowest BCUT2D eigenvalue weighted by molar-refractivity contribution is -0.151. The van der Waals surface area contributed by atoms with Crippen molar-refractivity contribution in [1.29, 1.82) is 0 Å². The van der Waals surface area contributed by atoms with Gasteiger partial charge in [0.25, 0.3) is 0 Å². The third-order valence-corrected chi connectivity index (χ3v) is 12.3. The Morgan fingerprint density at radius 1 is 0.470 bits per heavy atom. The molecule has 0 heterocycles. The van der Waals surface area contributed by atoms with Crippen molar-refractivity contribution in [3.05, 3.63) is 85.1 Å². The summed E-state index contributed by atoms with van der Waals surface area (Å²) in [5, 5.41) is 23.8. The first-order valence-corrected chi connectivity index (χ1v) is 27.8. The number of ether oxygens (including phenoxy) is 1. The van der Waals surface area contributed by atoms with Crippen molar-refractivity contribution in [3.8, 4) is 0 Å². The van der Waals surface area contributed by atoms with E-state index in [-0.39, 0.29) is 24.9 Å². The van der Waals surface area contributed by atoms with Crippen LogP contribution in [0.5, 0.6) is 0 Å². The number of hydrogen-bond donors (Lipinski definition) is 3. The monoisotopic (exact) mass is 920 g/mol. The minimum atomic E-state index is -0.808. The molecule has 0 bridgehead atoms. The molecule has 380 valence electrons. The highest BCUT2D eigenvalue weighted by Crippen LogP contribution is 2.17. The standard InChI is InChI=1S/C60H105NO5/c1-4-7-10-13-16-19-22-25-28-31-33-36-39-42-45-48-51-56(66-60(65)53-50-47-44-41-38-35-32-29-26-23-20-17-14-11-8-5-2)54-59(64)61-57(55-62)58(63)52-49-46-43-40-37-34-30-27-24-21-18-15-12-9-6-3/h8,11,17,20,22,25-26,28-29,31,33,35-36,38,56-58,62-63H,4-7,9-10,12-16,18-19,21,23-24,27,30,32,34,37,39-55H2,1-3H3,(H,61,64)/b11-8+,20-17+,25-22+,29-26+,31-28+,36-33+,38-35+. The Hall–Kier alpha value is -2.96. The molecule has 0 spiro atoms. The molecule has 0 aliphatic heterocycles. The van der Waals surface area contributed by atoms with E-state index in [1.165, 1.54) is 109 Å². The third-order valence-electron chi connectivity index (χ3n) is 12.3. The fraction of sp³-hybridized carbons (Fsp3) is 0.733. The number of carbonyl (C=O) groups excluding carboxylic acids is 2. The van der Waals surface area contributed by atoms with E-state index in [4.69, 9.17) is 4.74 Å². The number of unbranched alkanes of at least 4 members (excludes halogenated alkanes) is 25. The van der Waals surface area contributed by atoms with Gasteiger partial charge in [0.15, 0.2) is 0 Å². The van der Waals surface area contributed by atoms with E-state index in [9.17, 15) is 19.8 Å². The van der Waals surface area contributed by atoms with E-state index in [0.29, 0.717) is 19.3 Å². The zero-order chi connectivity index (χ0) is 48.1. The molecule has 3 unspecified atom stereocenters. The molecule has 0 fully saturated rings. The molecular formula is C60H105NO5. The summed E-state index contributed by atoms with van der Waals surface area (Å²) in [5.41, 5.74) is 0. The Balaban J connectivity index is 4.70. The Labute approximate surface area is 408 Å². The van der Waals surface area contributed by atoms with Crippen LogP contribution in [0.25, 0.3) is 0 Å². The van der Waals surface area contributed by atoms with Crippen LogP contribution in [0, 0.1) is 0 Å². The number of aliphatic hydroxyl groups excluding tert-OH is 2. The fourth-order valence-electron chi connectivity index (χ4n) is 8.07. The van der Waals surface area contributed by atoms with Crippen LogP contribution in [-0.4, -0.2) is 46.9 Å². The van der Waals surface area contributed by atoms with Gasteiger partial charge in [-0.15, -0.1) is 0 Å². The van der Waals surface area contributed by atoms with Crippen LogP contribution in [-0.2, 0) is 14.3 Å². The summed E-state index contributed by atoms with van der Waals surface area (Å²) in [6.45, 7) is 6.35. The third kappa shape index (κ3) is 47.5. The van der Waals surface area contributed by atoms with Gasteiger partial charge in [0, 0.05) is 6.42 Å². The number of rotatable bonds is 49. The summed E-state index contributed by atoms with van der Waals surface area (Å²) in [7, 11) is 0. The Morgan fingerprint density at radius 3 is 1.38 bits per heavy atom. The first-order valence-electron chi connectivity index (χ1n) is 27.8. The quantitative estimate of drug-likeness (QED) is 0.0245. The lowest BCUT2D eigenvalue weighted by Crippen LogP contribution is -2.46. The second-order valence-electron chi connectivity index (χ2n) is 18.7. The molecule has 0 saturated heterocycles. The maximum absolute atomic E-state index is 13.2. The number of aliphatic hydroxyl groups is 2. The van der Waals surface area contributed by atoms with E-state index < -0.39 is 18.2 Å². The Kier molecular flexibility index (Phi) is 50.6. The van der Waals surface area contributed by atoms with Crippen LogP contribution >= 0.6 is 0 Å². The van der Waals surface area contributed by atoms with E-state index >= 15 is 0 Å². The predicted molar refractivity (Wildman–Crippen MR) is 287 cm³/mol. The molecule has 0 saturated carbocycles. The second kappa shape index (κ2) is 53.0. The molecule has 0 aromatic rings. The average Bonchev–Trinajstić information content (AvgIpc) is 3.31. The van der Waals surface area contributed by atoms with Crippen LogP contribution in [0.1, 0.15) is 258 Å². The molecule has 0 aliphatic rings. The fourth-order valence-corrected chi connectivity index (χ4v) is 8.07. The molecule has 6 nitrogen and oxygen atoms in total. The molecule has 1 amide bonds. The maximum Gasteiger partial charge on any atom is 0.306 e. The van der Waals surface area contributed by atoms with Crippen molar-refractivity contribution in [2.75, 3.05) is 6.61 Å². The molecule has 0 rings (SSSR count). The smallest absolute Gasteiger partial charge is 0.306 e. The average molecular weight is 921 g/mol. The zero-order valence-corrected chi connectivity index (χ0v) is 43.3. The van der Waals surface area contributed by atoms with Gasteiger partial charge in [-0.05, 0) is 89.9 Å². The van der Waals surface area contributed by atoms with Crippen molar-refractivity contribution in [2.45, 2.75) is 277 Å². The minimum absolute atomic E-state index is 0.0384. The van der Waals surface area contributed by atoms with Crippen molar-refractivity contribution in [1.82, 2.24) is 5.32 Å². The number of hydrogen-bond acceptors (Lipinski definition) is 5. The highest BCUT2D eigenvalue weighted by Gasteiger charge is 2.24. The second-order valence-corrected chi connectivity index (χ2v) is 18.7. The van der Waals surface area contributed by atoms with Crippen molar-refractivity contribution >= 4 is 11.9 Å². The van der Waals surface area contributed by atoms with E-state index in [1.54, 1.807) is 0 Å². The molecule has 0 aliphatic carbocycles. The van der Waals surface area contributed by atoms with Gasteiger partial charge in [-0.25, -0.2) is 0 Å². The van der Waals surface area contributed by atoms with Crippen LogP contribution in [0.3, 0.4) is 0 Å². The topological polar surface area (TPSA) is 95.9 Å². The molecule has 0 radical (unpaired) electrons. The normalized spacial score (nSPS) is 13.8. The SMILES string of the molecule is CC/C=C/C/C=C/C/C=C/C/C=C/CCCCCC(=O)OC(CCCCC/C=C/C=C/C=C/CCCCCCC)CC(=O)NC(CO)C(O)CCCCCCCCCCCCCCCCC. The number of carbonyl (C=O) groups is 2. The maximum atomic E-state index is 13.2. The van der Waals surface area contributed by atoms with Gasteiger partial charge in [-0.3, -0.25) is 9.59 Å². The molecule has 3 N–H and O–H groups in total. The van der Waals surface area contributed by atoms with Crippen LogP contribution < -0.4 is 5.32 Å². The molecule has 3 atom stereocenters. The first kappa shape index (κ1) is 63.0. The molecule has 0 aromatic carbocycles. The number of allylic oxidation sites excluding steroid dienone is 14. The van der Waals surface area contributed by atoms with Gasteiger partial charge in [0.05, 0.1) is 25.2 Å². The van der Waals surface area contributed by atoms with Crippen molar-refractivity contribution in [3.63, 3.8) is 0 Å². The summed E-state index contributed by atoms with van der Waals surface area (Å²) in [6.07, 6.45) is 69.3. The van der Waals surface area contributed by atoms with Crippen molar-refractivity contribution in [2.24, 2.45) is 0 Å². The van der Waals surface area contributed by atoms with E-state index in [1.807, 2.05) is 0 Å². The van der Waals surface area contributed by atoms with E-state index in [2.05, 4.69) is 111 Å². The van der Waals surface area contributed by atoms with Gasteiger partial charge in [-0.2, -0.15) is 0 Å². The first-order chi connectivity index (χ1) is 32.5. The molecule has 6 heteroatoms. The van der Waals surface area contributed by atoms with Gasteiger partial charge in [0.2, 0.25) is 5.91 Å². The number of amides is 1. The number of esters is 1. The summed E-state index contributed by atoms with van der Waals surface area (Å²) >= 11 is 0. The predicted octanol–water partition coefficient (Wildman–Crippen LogP) is 17.1. The summed E-state index contributed by atoms with van der Waals surface area (Å²) < 4.78 is 5.92. The largest absolute Gasteiger partial charge is 0.462 e. The zero-order valence-electron chi connectivity index (χ0n) is 43.3. The summed E-state index contributed by atoms with van der Waals surface area (Å²) in [5.74, 6) is -0.545. The molecule has 0 aromatic heterocycles. The van der Waals surface area contributed by atoms with Crippen LogP contribution in [0.2, 0.25) is 0 Å². The van der Waals surface area contributed by atoms with Gasteiger partial charge < -0.3 is 20.3 Å². The summed E-state index contributed by atoms with van der Waals surface area (Å²) in [6, 6.07) is -0.724. The molecule has 66 heavy (non-hydrogen) atoms. The van der Waals surface area contributed by atoms with E-state index in [0.717, 1.165) is 103 Å². The lowest BCUT2D eigenvalue weighted by Gasteiger charge is -2.24. The Bertz CT molecular complexity index is 1260. The minimum Gasteiger partial charge on any atom is -0.462 e. The summed E-state index contributed by atoms with van der Waals surface area (Å²) in [4.78, 5) is 26.2. The van der Waals surface area contributed by atoms with Gasteiger partial charge >= 0.3 is 5.97 Å². The highest BCUT2D eigenvalue weighted by atomic mass is 16.5. The number of nitrogens with one attached hydrogen (secondary N) is 1. The van der Waals surface area contributed by atoms with Gasteiger partial charge in [0.1, 0.15) is 6.10 Å². The molecular weight excluding hydrogens is 815 g/mol. The van der Waals surface area contributed by atoms with Crippen LogP contribution in [0.4, 0.5) is 0 Å². The Morgan fingerprint density at radius 2 is 0.879 bits per heavy atom. The van der Waals surface area contributed by atoms with Gasteiger partial charge in [-0.1, -0.05) is 241 Å². The lowest BCUT2D eigenvalue weighted by atomic mass is 10.0. The van der Waals surface area contributed by atoms with Crippen molar-refractivity contribution < 1.29 is 24.5 Å².